The van der Waals surface area contributed by atoms with Crippen LogP contribution < -0.4 is 5.32 Å². The van der Waals surface area contributed by atoms with Gasteiger partial charge in [-0.25, -0.2) is 0 Å². The van der Waals surface area contributed by atoms with Gasteiger partial charge >= 0.3 is 0 Å². The van der Waals surface area contributed by atoms with Crippen LogP contribution in [0.5, 0.6) is 0 Å². The third-order valence-corrected chi connectivity index (χ3v) is 5.32. The van der Waals surface area contributed by atoms with Crippen LogP contribution in [0, 0.1) is 11.8 Å². The predicted octanol–water partition coefficient (Wildman–Crippen LogP) is 3.87. The van der Waals surface area contributed by atoms with Crippen LogP contribution in [0.15, 0.2) is 28.7 Å². The van der Waals surface area contributed by atoms with Crippen molar-refractivity contribution in [3.63, 3.8) is 0 Å². The predicted molar refractivity (Wildman–Crippen MR) is 99.5 cm³/mol. The van der Waals surface area contributed by atoms with E-state index in [1.807, 2.05) is 12.1 Å². The zero-order valence-electron chi connectivity index (χ0n) is 14.4. The highest BCUT2D eigenvalue weighted by atomic mass is 79.9. The zero-order valence-corrected chi connectivity index (χ0v) is 15.9. The van der Waals surface area contributed by atoms with E-state index in [1.165, 1.54) is 5.56 Å². The Hall–Kier alpha value is -0.870. The van der Waals surface area contributed by atoms with Crippen molar-refractivity contribution in [2.45, 2.75) is 39.5 Å². The topological polar surface area (TPSA) is 32.3 Å². The molecule has 2 rings (SSSR count). The van der Waals surface area contributed by atoms with E-state index in [-0.39, 0.29) is 5.92 Å². The first-order valence-electron chi connectivity index (χ1n) is 8.88. The summed E-state index contributed by atoms with van der Waals surface area (Å²) in [4.78, 5) is 14.9. The number of carbonyl (C=O) groups excluding carboxylic acids is 1. The normalized spacial score (nSPS) is 17.3. The fraction of sp³-hybridized carbons (Fsp3) is 0.632. The minimum absolute atomic E-state index is 0.106. The molecule has 1 aromatic carbocycles. The Labute approximate surface area is 149 Å². The van der Waals surface area contributed by atoms with E-state index in [0.29, 0.717) is 5.91 Å². The van der Waals surface area contributed by atoms with Crippen LogP contribution in [-0.4, -0.2) is 37.0 Å². The molecular weight excluding hydrogens is 352 g/mol. The highest BCUT2D eigenvalue weighted by Gasteiger charge is 2.27. The molecule has 1 aliphatic heterocycles. The lowest BCUT2D eigenvalue weighted by atomic mass is 9.92. The Balaban J connectivity index is 1.88. The molecule has 1 aliphatic rings. The number of hydrogen-bond acceptors (Lipinski definition) is 2. The number of benzene rings is 1. The van der Waals surface area contributed by atoms with Gasteiger partial charge in [-0.2, -0.15) is 0 Å². The number of nitrogens with zero attached hydrogens (tertiary/aromatic N) is 1. The molecule has 1 heterocycles. The average Bonchev–Trinajstić information content (AvgIpc) is 2.58. The largest absolute Gasteiger partial charge is 0.342 e. The third-order valence-electron chi connectivity index (χ3n) is 4.82. The molecule has 0 aliphatic carbocycles. The molecule has 0 saturated carbocycles. The maximum absolute atomic E-state index is 12.8. The Morgan fingerprint density at radius 2 is 2.09 bits per heavy atom. The summed E-state index contributed by atoms with van der Waals surface area (Å²) in [6.45, 7) is 8.23. The molecule has 23 heavy (non-hydrogen) atoms. The summed E-state index contributed by atoms with van der Waals surface area (Å²) in [6.07, 6.45) is 4.01. The average molecular weight is 381 g/mol. The summed E-state index contributed by atoms with van der Waals surface area (Å²) in [6, 6.07) is 8.31. The number of hydrogen-bond donors (Lipinski definition) is 1. The van der Waals surface area contributed by atoms with Crippen LogP contribution in [0.3, 0.4) is 0 Å². The second kappa shape index (κ2) is 9.43. The lowest BCUT2D eigenvalue weighted by Gasteiger charge is -2.34. The van der Waals surface area contributed by atoms with E-state index in [9.17, 15) is 4.79 Å². The van der Waals surface area contributed by atoms with Gasteiger partial charge in [0.1, 0.15) is 0 Å². The van der Waals surface area contributed by atoms with Gasteiger partial charge in [0.25, 0.3) is 0 Å². The third kappa shape index (κ3) is 5.61. The molecule has 1 saturated heterocycles. The lowest BCUT2D eigenvalue weighted by molar-refractivity contribution is -0.137. The number of amides is 1. The molecule has 1 unspecified atom stereocenters. The standard InChI is InChI=1S/C19H29BrN2O/c1-3-17(12-16-6-5-7-18(20)13-16)19(23)22-10-8-15(9-11-22)14-21-4-2/h5-7,13,15,17,21H,3-4,8-12,14H2,1-2H3. The second-order valence-corrected chi connectivity index (χ2v) is 7.43. The smallest absolute Gasteiger partial charge is 0.226 e. The summed E-state index contributed by atoms with van der Waals surface area (Å²) < 4.78 is 1.08. The van der Waals surface area contributed by atoms with Crippen molar-refractivity contribution in [2.24, 2.45) is 11.8 Å². The monoisotopic (exact) mass is 380 g/mol. The van der Waals surface area contributed by atoms with Crippen molar-refractivity contribution < 1.29 is 4.79 Å². The van der Waals surface area contributed by atoms with Gasteiger partial charge in [-0.1, -0.05) is 41.9 Å². The number of nitrogens with one attached hydrogen (secondary N) is 1. The molecule has 1 fully saturated rings. The van der Waals surface area contributed by atoms with E-state index in [2.05, 4.69) is 52.1 Å². The van der Waals surface area contributed by atoms with Gasteiger partial charge in [0.15, 0.2) is 0 Å². The quantitative estimate of drug-likeness (QED) is 0.778. The molecule has 1 amide bonds. The zero-order chi connectivity index (χ0) is 16.7. The van der Waals surface area contributed by atoms with Crippen molar-refractivity contribution in [1.29, 1.82) is 0 Å². The van der Waals surface area contributed by atoms with Crippen molar-refractivity contribution >= 4 is 21.8 Å². The molecule has 0 aromatic heterocycles. The highest BCUT2D eigenvalue weighted by Crippen LogP contribution is 2.22. The first kappa shape index (κ1) is 18.5. The SMILES string of the molecule is CCNCC1CCN(C(=O)C(CC)Cc2cccc(Br)c2)CC1. The van der Waals surface area contributed by atoms with Gasteiger partial charge in [-0.05, 0) is 62.4 Å². The number of halogens is 1. The van der Waals surface area contributed by atoms with Crippen LogP contribution in [0.4, 0.5) is 0 Å². The molecule has 1 aromatic rings. The van der Waals surface area contributed by atoms with Gasteiger partial charge in [0.05, 0.1) is 0 Å². The van der Waals surface area contributed by atoms with E-state index in [4.69, 9.17) is 0 Å². The van der Waals surface area contributed by atoms with Gasteiger partial charge in [0.2, 0.25) is 5.91 Å². The van der Waals surface area contributed by atoms with E-state index >= 15 is 0 Å². The van der Waals surface area contributed by atoms with Gasteiger partial charge in [-0.15, -0.1) is 0 Å². The summed E-state index contributed by atoms with van der Waals surface area (Å²) in [5.41, 5.74) is 1.24. The number of rotatable bonds is 7. The van der Waals surface area contributed by atoms with Crippen LogP contribution in [0.1, 0.15) is 38.7 Å². The molecule has 0 spiro atoms. The second-order valence-electron chi connectivity index (χ2n) is 6.52. The molecule has 0 radical (unpaired) electrons. The first-order chi connectivity index (χ1) is 11.1. The van der Waals surface area contributed by atoms with Crippen molar-refractivity contribution in [3.05, 3.63) is 34.3 Å². The van der Waals surface area contributed by atoms with Gasteiger partial charge in [0, 0.05) is 23.5 Å². The molecule has 1 atom stereocenters. The Kier molecular flexibility index (Phi) is 7.57. The summed E-state index contributed by atoms with van der Waals surface area (Å²) in [7, 11) is 0. The van der Waals surface area contributed by atoms with E-state index in [1.54, 1.807) is 0 Å². The van der Waals surface area contributed by atoms with Crippen molar-refractivity contribution in [3.8, 4) is 0 Å². The minimum Gasteiger partial charge on any atom is -0.342 e. The van der Waals surface area contributed by atoms with Crippen LogP contribution in [-0.2, 0) is 11.2 Å². The highest BCUT2D eigenvalue weighted by molar-refractivity contribution is 9.10. The minimum atomic E-state index is 0.106. The molecular formula is C19H29BrN2O. The number of piperidine rings is 1. The van der Waals surface area contributed by atoms with E-state index in [0.717, 1.165) is 62.3 Å². The number of carbonyl (C=O) groups is 1. The Morgan fingerprint density at radius 1 is 1.35 bits per heavy atom. The van der Waals surface area contributed by atoms with Crippen molar-refractivity contribution in [2.75, 3.05) is 26.2 Å². The molecule has 0 bridgehead atoms. The fourth-order valence-electron chi connectivity index (χ4n) is 3.32. The maximum atomic E-state index is 12.8. The van der Waals surface area contributed by atoms with Crippen LogP contribution in [0.25, 0.3) is 0 Å². The summed E-state index contributed by atoms with van der Waals surface area (Å²) in [5, 5.41) is 3.43. The van der Waals surface area contributed by atoms with Crippen LogP contribution >= 0.6 is 15.9 Å². The summed E-state index contributed by atoms with van der Waals surface area (Å²) >= 11 is 3.51. The van der Waals surface area contributed by atoms with Gasteiger partial charge < -0.3 is 10.2 Å². The van der Waals surface area contributed by atoms with E-state index < -0.39 is 0 Å². The lowest BCUT2D eigenvalue weighted by Crippen LogP contribution is -2.43. The molecule has 3 nitrogen and oxygen atoms in total. The van der Waals surface area contributed by atoms with Gasteiger partial charge in [-0.3, -0.25) is 4.79 Å². The molecule has 1 N–H and O–H groups in total. The first-order valence-corrected chi connectivity index (χ1v) is 9.67. The maximum Gasteiger partial charge on any atom is 0.226 e. The Bertz CT molecular complexity index is 498. The molecule has 128 valence electrons. The Morgan fingerprint density at radius 3 is 2.70 bits per heavy atom. The molecule has 4 heteroatoms. The van der Waals surface area contributed by atoms with Crippen molar-refractivity contribution in [1.82, 2.24) is 10.2 Å². The fourth-order valence-corrected chi connectivity index (χ4v) is 3.77. The number of likely N-dealkylation sites (tertiary alicyclic amines) is 1. The van der Waals surface area contributed by atoms with Crippen LogP contribution in [0.2, 0.25) is 0 Å². The summed E-state index contributed by atoms with van der Waals surface area (Å²) in [5.74, 6) is 1.17.